The average molecular weight is 284 g/mol. The van der Waals surface area contributed by atoms with Gasteiger partial charge in [0.05, 0.1) is 0 Å². The molecule has 1 N–H and O–H groups in total. The maximum absolute atomic E-state index is 12.4. The first-order valence-corrected chi connectivity index (χ1v) is 8.41. The fourth-order valence-corrected chi connectivity index (χ4v) is 5.67. The fourth-order valence-electron chi connectivity index (χ4n) is 5.67. The predicted molar refractivity (Wildman–Crippen MR) is 81.7 cm³/mol. The van der Waals surface area contributed by atoms with Gasteiger partial charge in [-0.2, -0.15) is 0 Å². The van der Waals surface area contributed by atoms with Gasteiger partial charge in [0.2, 0.25) is 0 Å². The van der Waals surface area contributed by atoms with E-state index in [1.54, 1.807) is 24.5 Å². The highest BCUT2D eigenvalue weighted by Crippen LogP contribution is 2.57. The van der Waals surface area contributed by atoms with Gasteiger partial charge in [-0.1, -0.05) is 0 Å². The number of nitrogens with zero attached hydrogens (tertiary/aromatic N) is 1. The highest BCUT2D eigenvalue weighted by Gasteiger charge is 2.49. The highest BCUT2D eigenvalue weighted by atomic mass is 16.1. The minimum absolute atomic E-state index is 0.0544. The van der Waals surface area contributed by atoms with Crippen LogP contribution in [0.25, 0.3) is 0 Å². The van der Waals surface area contributed by atoms with Gasteiger partial charge >= 0.3 is 0 Å². The molecule has 1 amide bonds. The Labute approximate surface area is 126 Å². The van der Waals surface area contributed by atoms with E-state index in [1.807, 2.05) is 0 Å². The van der Waals surface area contributed by atoms with E-state index in [-0.39, 0.29) is 5.91 Å². The van der Waals surface area contributed by atoms with E-state index in [4.69, 9.17) is 0 Å². The van der Waals surface area contributed by atoms with Crippen molar-refractivity contribution in [2.75, 3.05) is 0 Å². The number of hydrogen-bond acceptors (Lipinski definition) is 2. The van der Waals surface area contributed by atoms with Crippen molar-refractivity contribution < 1.29 is 4.79 Å². The van der Waals surface area contributed by atoms with Gasteiger partial charge in [0.1, 0.15) is 0 Å². The molecule has 0 saturated heterocycles. The second-order valence-corrected chi connectivity index (χ2v) is 7.51. The van der Waals surface area contributed by atoms with E-state index in [9.17, 15) is 4.79 Å². The van der Waals surface area contributed by atoms with E-state index < -0.39 is 0 Å². The summed E-state index contributed by atoms with van der Waals surface area (Å²) in [6.45, 7) is 2.21. The number of rotatable bonds is 3. The van der Waals surface area contributed by atoms with Crippen molar-refractivity contribution in [1.29, 1.82) is 0 Å². The van der Waals surface area contributed by atoms with E-state index in [0.29, 0.717) is 12.0 Å². The van der Waals surface area contributed by atoms with Crippen LogP contribution in [0.5, 0.6) is 0 Å². The number of amides is 1. The molecular formula is C18H24N2O. The number of carbonyl (C=O) groups is 1. The molecule has 4 aliphatic carbocycles. The summed E-state index contributed by atoms with van der Waals surface area (Å²) in [4.78, 5) is 16.3. The van der Waals surface area contributed by atoms with Crippen LogP contribution in [0.4, 0.5) is 0 Å². The van der Waals surface area contributed by atoms with Crippen LogP contribution in [-0.2, 0) is 0 Å². The van der Waals surface area contributed by atoms with Crippen molar-refractivity contribution in [1.82, 2.24) is 10.3 Å². The van der Waals surface area contributed by atoms with Gasteiger partial charge in [-0.05, 0) is 80.8 Å². The quantitative estimate of drug-likeness (QED) is 0.925. The molecule has 0 unspecified atom stereocenters. The number of aromatic nitrogens is 1. The SMILES string of the molecule is C[C@H](NC(=O)c1ccncc1)C1C2CC3CC(C2)CC1C3. The fraction of sp³-hybridized carbons (Fsp3) is 0.667. The molecule has 1 atom stereocenters. The van der Waals surface area contributed by atoms with E-state index >= 15 is 0 Å². The highest BCUT2D eigenvalue weighted by molar-refractivity contribution is 5.94. The van der Waals surface area contributed by atoms with Crippen molar-refractivity contribution >= 4 is 5.91 Å². The first-order valence-electron chi connectivity index (χ1n) is 8.41. The van der Waals surface area contributed by atoms with Gasteiger partial charge < -0.3 is 5.32 Å². The van der Waals surface area contributed by atoms with Gasteiger partial charge in [0.25, 0.3) is 5.91 Å². The van der Waals surface area contributed by atoms with E-state index in [1.165, 1.54) is 32.1 Å². The Morgan fingerprint density at radius 2 is 1.67 bits per heavy atom. The topological polar surface area (TPSA) is 42.0 Å². The monoisotopic (exact) mass is 284 g/mol. The molecule has 4 bridgehead atoms. The van der Waals surface area contributed by atoms with Crippen molar-refractivity contribution in [2.24, 2.45) is 29.6 Å². The molecule has 0 aliphatic heterocycles. The third kappa shape index (κ3) is 2.37. The molecule has 1 heterocycles. The van der Waals surface area contributed by atoms with Crippen LogP contribution >= 0.6 is 0 Å². The van der Waals surface area contributed by atoms with Crippen LogP contribution in [-0.4, -0.2) is 16.9 Å². The molecule has 0 spiro atoms. The number of pyridine rings is 1. The molecular weight excluding hydrogens is 260 g/mol. The van der Waals surface area contributed by atoms with Crippen LogP contribution in [0.15, 0.2) is 24.5 Å². The maximum Gasteiger partial charge on any atom is 0.251 e. The standard InChI is InChI=1S/C18H24N2O/c1-11(20-18(21)14-2-4-19-5-3-14)17-15-7-12-6-13(9-15)10-16(17)8-12/h2-5,11-13,15-17H,6-10H2,1H3,(H,20,21)/t11-,12?,13?,15?,16?,17?/m0/s1. The van der Waals surface area contributed by atoms with Gasteiger partial charge in [0, 0.05) is 24.0 Å². The van der Waals surface area contributed by atoms with Crippen LogP contribution < -0.4 is 5.32 Å². The summed E-state index contributed by atoms with van der Waals surface area (Å²) in [6, 6.07) is 3.87. The molecule has 4 saturated carbocycles. The summed E-state index contributed by atoms with van der Waals surface area (Å²) < 4.78 is 0. The minimum atomic E-state index is 0.0544. The van der Waals surface area contributed by atoms with Gasteiger partial charge in [-0.15, -0.1) is 0 Å². The second kappa shape index (κ2) is 5.11. The lowest BCUT2D eigenvalue weighted by Crippen LogP contribution is -2.53. The lowest BCUT2D eigenvalue weighted by atomic mass is 9.50. The Balaban J connectivity index is 1.46. The summed E-state index contributed by atoms with van der Waals surface area (Å²) in [6.07, 6.45) is 10.5. The van der Waals surface area contributed by atoms with Crippen molar-refractivity contribution in [3.63, 3.8) is 0 Å². The second-order valence-electron chi connectivity index (χ2n) is 7.51. The minimum Gasteiger partial charge on any atom is -0.349 e. The lowest BCUT2D eigenvalue weighted by molar-refractivity contribution is -0.0480. The van der Waals surface area contributed by atoms with Gasteiger partial charge in [-0.25, -0.2) is 0 Å². The normalized spacial score (nSPS) is 38.2. The summed E-state index contributed by atoms with van der Waals surface area (Å²) in [5.74, 6) is 4.45. The Morgan fingerprint density at radius 1 is 1.10 bits per heavy atom. The van der Waals surface area contributed by atoms with Crippen LogP contribution in [0, 0.1) is 29.6 Å². The Morgan fingerprint density at radius 3 is 2.24 bits per heavy atom. The third-order valence-corrected chi connectivity index (χ3v) is 6.18. The predicted octanol–water partition coefficient (Wildman–Crippen LogP) is 3.27. The summed E-state index contributed by atoms with van der Waals surface area (Å²) >= 11 is 0. The third-order valence-electron chi connectivity index (χ3n) is 6.18. The number of nitrogens with one attached hydrogen (secondary N) is 1. The van der Waals surface area contributed by atoms with E-state index in [0.717, 1.165) is 29.2 Å². The summed E-state index contributed by atoms with van der Waals surface area (Å²) in [5.41, 5.74) is 0.723. The average Bonchev–Trinajstić information content (AvgIpc) is 2.47. The first-order chi connectivity index (χ1) is 10.2. The maximum atomic E-state index is 12.4. The molecule has 0 aromatic carbocycles. The molecule has 21 heavy (non-hydrogen) atoms. The first kappa shape index (κ1) is 13.3. The Hall–Kier alpha value is -1.38. The Kier molecular flexibility index (Phi) is 3.24. The lowest BCUT2D eigenvalue weighted by Gasteiger charge is -2.56. The smallest absolute Gasteiger partial charge is 0.251 e. The van der Waals surface area contributed by atoms with Gasteiger partial charge in [0.15, 0.2) is 0 Å². The molecule has 112 valence electrons. The molecule has 4 fully saturated rings. The van der Waals surface area contributed by atoms with Crippen LogP contribution in [0.2, 0.25) is 0 Å². The molecule has 3 heteroatoms. The Bertz CT molecular complexity index is 499. The zero-order valence-corrected chi connectivity index (χ0v) is 12.7. The number of carbonyl (C=O) groups excluding carboxylic acids is 1. The van der Waals surface area contributed by atoms with E-state index in [2.05, 4.69) is 17.2 Å². The summed E-state index contributed by atoms with van der Waals surface area (Å²) in [7, 11) is 0. The summed E-state index contributed by atoms with van der Waals surface area (Å²) in [5, 5.41) is 3.26. The number of hydrogen-bond donors (Lipinski definition) is 1. The zero-order valence-electron chi connectivity index (χ0n) is 12.7. The van der Waals surface area contributed by atoms with Gasteiger partial charge in [-0.3, -0.25) is 9.78 Å². The van der Waals surface area contributed by atoms with Crippen LogP contribution in [0.3, 0.4) is 0 Å². The van der Waals surface area contributed by atoms with Crippen molar-refractivity contribution in [3.05, 3.63) is 30.1 Å². The molecule has 4 aliphatic rings. The van der Waals surface area contributed by atoms with Crippen LogP contribution in [0.1, 0.15) is 49.4 Å². The molecule has 3 nitrogen and oxygen atoms in total. The van der Waals surface area contributed by atoms with Crippen molar-refractivity contribution in [2.45, 2.75) is 45.1 Å². The molecule has 1 aromatic rings. The zero-order chi connectivity index (χ0) is 14.4. The largest absolute Gasteiger partial charge is 0.349 e. The molecule has 5 rings (SSSR count). The molecule has 0 radical (unpaired) electrons. The van der Waals surface area contributed by atoms with Crippen molar-refractivity contribution in [3.8, 4) is 0 Å². The molecule has 1 aromatic heterocycles.